The van der Waals surface area contributed by atoms with Crippen molar-refractivity contribution in [2.45, 2.75) is 6.54 Å². The Kier molecular flexibility index (Phi) is 3.98. The highest BCUT2D eigenvalue weighted by molar-refractivity contribution is 6.30. The first-order chi connectivity index (χ1) is 8.28. The average Bonchev–Trinajstić information content (AvgIpc) is 2.32. The number of halogens is 1. The van der Waals surface area contributed by atoms with Gasteiger partial charge in [0.1, 0.15) is 11.5 Å². The van der Waals surface area contributed by atoms with Gasteiger partial charge in [0.2, 0.25) is 0 Å². The van der Waals surface area contributed by atoms with Crippen LogP contribution < -0.4 is 10.2 Å². The molecule has 0 aromatic heterocycles. The average molecular weight is 250 g/mol. The van der Waals surface area contributed by atoms with Crippen molar-refractivity contribution in [1.29, 1.82) is 0 Å². The molecule has 0 radical (unpaired) electrons. The van der Waals surface area contributed by atoms with Crippen molar-refractivity contribution in [3.8, 4) is 11.5 Å². The van der Waals surface area contributed by atoms with Crippen molar-refractivity contribution >= 4 is 11.6 Å². The van der Waals surface area contributed by atoms with Crippen molar-refractivity contribution in [3.05, 3.63) is 59.1 Å². The molecule has 0 heterocycles. The van der Waals surface area contributed by atoms with Gasteiger partial charge >= 0.3 is 0 Å². The zero-order valence-electron chi connectivity index (χ0n) is 9.06. The summed E-state index contributed by atoms with van der Waals surface area (Å²) < 4.78 is 5.62. The van der Waals surface area contributed by atoms with Gasteiger partial charge in [0.05, 0.1) is 0 Å². The van der Waals surface area contributed by atoms with Crippen LogP contribution in [0.25, 0.3) is 0 Å². The Balaban J connectivity index is 2.08. The minimum absolute atomic E-state index is 0.414. The van der Waals surface area contributed by atoms with Gasteiger partial charge in [-0.2, -0.15) is 0 Å². The zero-order valence-corrected chi connectivity index (χ0v) is 9.82. The Labute approximate surface area is 105 Å². The summed E-state index contributed by atoms with van der Waals surface area (Å²) in [5, 5.41) is 9.20. The van der Waals surface area contributed by atoms with Crippen molar-refractivity contribution < 1.29 is 9.94 Å². The molecule has 0 aliphatic heterocycles. The van der Waals surface area contributed by atoms with Gasteiger partial charge < -0.3 is 9.94 Å². The summed E-state index contributed by atoms with van der Waals surface area (Å²) in [6.07, 6.45) is 0. The lowest BCUT2D eigenvalue weighted by molar-refractivity contribution is 0.161. The second kappa shape index (κ2) is 5.68. The number of benzene rings is 2. The summed E-state index contributed by atoms with van der Waals surface area (Å²) in [4.78, 5) is 0. The van der Waals surface area contributed by atoms with E-state index in [-0.39, 0.29) is 0 Å². The van der Waals surface area contributed by atoms with E-state index in [4.69, 9.17) is 21.5 Å². The monoisotopic (exact) mass is 249 g/mol. The molecular formula is C13H12ClNO2. The molecule has 0 amide bonds. The highest BCUT2D eigenvalue weighted by Crippen LogP contribution is 2.24. The van der Waals surface area contributed by atoms with Crippen LogP contribution >= 0.6 is 11.6 Å². The molecule has 0 fully saturated rings. The van der Waals surface area contributed by atoms with Crippen LogP contribution in [0, 0.1) is 0 Å². The largest absolute Gasteiger partial charge is 0.457 e. The molecule has 2 N–H and O–H groups in total. The number of hydrogen-bond donors (Lipinski definition) is 2. The predicted octanol–water partition coefficient (Wildman–Crippen LogP) is 3.61. The highest BCUT2D eigenvalue weighted by atomic mass is 35.5. The van der Waals surface area contributed by atoms with E-state index in [2.05, 4.69) is 5.48 Å². The molecule has 0 aliphatic carbocycles. The van der Waals surface area contributed by atoms with Crippen molar-refractivity contribution in [2.24, 2.45) is 0 Å². The van der Waals surface area contributed by atoms with E-state index in [0.717, 1.165) is 11.3 Å². The number of ether oxygens (including phenoxy) is 1. The van der Waals surface area contributed by atoms with Crippen molar-refractivity contribution in [1.82, 2.24) is 5.48 Å². The number of rotatable bonds is 4. The summed E-state index contributed by atoms with van der Waals surface area (Å²) >= 11 is 5.86. The maximum Gasteiger partial charge on any atom is 0.128 e. The fourth-order valence-electron chi connectivity index (χ4n) is 1.43. The maximum atomic E-state index is 8.56. The zero-order chi connectivity index (χ0) is 12.1. The molecule has 2 aromatic carbocycles. The molecule has 3 nitrogen and oxygen atoms in total. The van der Waals surface area contributed by atoms with E-state index in [1.54, 1.807) is 12.1 Å². The topological polar surface area (TPSA) is 41.5 Å². The number of hydrogen-bond acceptors (Lipinski definition) is 3. The van der Waals surface area contributed by atoms with E-state index in [1.165, 1.54) is 0 Å². The third-order valence-electron chi connectivity index (χ3n) is 2.24. The Morgan fingerprint density at radius 2 is 1.82 bits per heavy atom. The third-order valence-corrected chi connectivity index (χ3v) is 2.47. The maximum absolute atomic E-state index is 8.56. The van der Waals surface area contributed by atoms with Crippen molar-refractivity contribution in [3.63, 3.8) is 0 Å². The fraction of sp³-hybridized carbons (Fsp3) is 0.0769. The first-order valence-corrected chi connectivity index (χ1v) is 5.55. The molecule has 0 unspecified atom stereocenters. The normalized spacial score (nSPS) is 10.2. The van der Waals surface area contributed by atoms with E-state index in [0.29, 0.717) is 17.3 Å². The van der Waals surface area contributed by atoms with E-state index in [1.807, 2.05) is 36.4 Å². The van der Waals surface area contributed by atoms with E-state index < -0.39 is 0 Å². The molecule has 2 rings (SSSR count). The molecule has 17 heavy (non-hydrogen) atoms. The number of nitrogens with one attached hydrogen (secondary N) is 1. The quantitative estimate of drug-likeness (QED) is 0.814. The van der Waals surface area contributed by atoms with Crippen LogP contribution in [-0.2, 0) is 6.54 Å². The van der Waals surface area contributed by atoms with Crippen LogP contribution in [0.3, 0.4) is 0 Å². The summed E-state index contributed by atoms with van der Waals surface area (Å²) in [7, 11) is 0. The molecule has 2 aromatic rings. The van der Waals surface area contributed by atoms with Crippen LogP contribution in [-0.4, -0.2) is 5.21 Å². The van der Waals surface area contributed by atoms with Gasteiger partial charge in [-0.15, -0.1) is 0 Å². The lowest BCUT2D eigenvalue weighted by Crippen LogP contribution is -2.05. The minimum atomic E-state index is 0.414. The van der Waals surface area contributed by atoms with Crippen LogP contribution in [0.2, 0.25) is 5.02 Å². The Morgan fingerprint density at radius 1 is 1.06 bits per heavy atom. The third kappa shape index (κ3) is 3.46. The second-order valence-corrected chi connectivity index (χ2v) is 3.97. The van der Waals surface area contributed by atoms with Gasteiger partial charge in [-0.1, -0.05) is 29.8 Å². The Morgan fingerprint density at radius 3 is 2.47 bits per heavy atom. The van der Waals surface area contributed by atoms with Gasteiger partial charge in [0.25, 0.3) is 0 Å². The molecule has 0 saturated heterocycles. The second-order valence-electron chi connectivity index (χ2n) is 3.54. The van der Waals surface area contributed by atoms with Gasteiger partial charge in [-0.25, -0.2) is 5.48 Å². The molecule has 0 bridgehead atoms. The molecule has 0 spiro atoms. The molecule has 0 atom stereocenters. The van der Waals surface area contributed by atoms with Crippen LogP contribution in [0.15, 0.2) is 48.5 Å². The molecule has 88 valence electrons. The molecule has 4 heteroatoms. The molecular weight excluding hydrogens is 238 g/mol. The van der Waals surface area contributed by atoms with E-state index in [9.17, 15) is 0 Å². The number of hydroxylamine groups is 1. The first-order valence-electron chi connectivity index (χ1n) is 5.17. The van der Waals surface area contributed by atoms with Crippen LogP contribution in [0.5, 0.6) is 11.5 Å². The summed E-state index contributed by atoms with van der Waals surface area (Å²) in [6.45, 7) is 0.414. The van der Waals surface area contributed by atoms with Gasteiger partial charge in [-0.3, -0.25) is 0 Å². The lowest BCUT2D eigenvalue weighted by atomic mass is 10.2. The van der Waals surface area contributed by atoms with Gasteiger partial charge in [-0.05, 0) is 35.9 Å². The highest BCUT2D eigenvalue weighted by Gasteiger charge is 1.98. The van der Waals surface area contributed by atoms with Crippen LogP contribution in [0.1, 0.15) is 5.56 Å². The summed E-state index contributed by atoms with van der Waals surface area (Å²) in [5.74, 6) is 1.43. The summed E-state index contributed by atoms with van der Waals surface area (Å²) in [5.41, 5.74) is 3.08. The predicted molar refractivity (Wildman–Crippen MR) is 66.6 cm³/mol. The first kappa shape index (κ1) is 11.9. The van der Waals surface area contributed by atoms with Crippen molar-refractivity contribution in [2.75, 3.05) is 0 Å². The SMILES string of the molecule is ONCc1ccc(Oc2cccc(Cl)c2)cc1. The van der Waals surface area contributed by atoms with E-state index >= 15 is 0 Å². The van der Waals surface area contributed by atoms with Crippen LogP contribution in [0.4, 0.5) is 0 Å². The van der Waals surface area contributed by atoms with Gasteiger partial charge in [0, 0.05) is 11.6 Å². The molecule has 0 aliphatic rings. The minimum Gasteiger partial charge on any atom is -0.457 e. The van der Waals surface area contributed by atoms with Gasteiger partial charge in [0.15, 0.2) is 0 Å². The smallest absolute Gasteiger partial charge is 0.128 e. The molecule has 0 saturated carbocycles. The Hall–Kier alpha value is -1.55. The Bertz CT molecular complexity index is 485. The summed E-state index contributed by atoms with van der Waals surface area (Å²) in [6, 6.07) is 14.7. The standard InChI is InChI=1S/C13H12ClNO2/c14-11-2-1-3-13(8-11)17-12-6-4-10(5-7-12)9-15-16/h1-8,15-16H,9H2. The lowest BCUT2D eigenvalue weighted by Gasteiger charge is -2.06. The fourth-order valence-corrected chi connectivity index (χ4v) is 1.61.